The molecule has 0 amide bonds. The van der Waals surface area contributed by atoms with Crippen molar-refractivity contribution in [2.75, 3.05) is 0 Å². The highest BCUT2D eigenvalue weighted by atomic mass is 14.4. The Morgan fingerprint density at radius 2 is 0.386 bits per heavy atom. The Bertz CT molecular complexity index is 5540. The van der Waals surface area contributed by atoms with Crippen LogP contribution < -0.4 is 0 Å². The fraction of sp³-hybridized carbons (Fsp3) is 0. The van der Waals surface area contributed by atoms with E-state index >= 15 is 0 Å². The Kier molecular flexibility index (Phi) is 10.6. The van der Waals surface area contributed by atoms with Crippen molar-refractivity contribution in [1.82, 2.24) is 0 Å². The van der Waals surface area contributed by atoms with Crippen LogP contribution in [0.2, 0.25) is 0 Å². The monoisotopic (exact) mass is 1110 g/mol. The van der Waals surface area contributed by atoms with Gasteiger partial charge in [-0.05, 0) is 210 Å². The molecule has 0 aromatic heterocycles. The van der Waals surface area contributed by atoms with E-state index in [0.717, 1.165) is 0 Å². The average Bonchev–Trinajstić information content (AvgIpc) is 1.66. The van der Waals surface area contributed by atoms with E-state index < -0.39 is 0 Å². The molecule has 0 bridgehead atoms. The van der Waals surface area contributed by atoms with E-state index in [1.165, 1.54) is 198 Å². The first-order valence-electron chi connectivity index (χ1n) is 30.7. The maximum absolute atomic E-state index is 2.54. The van der Waals surface area contributed by atoms with E-state index in [9.17, 15) is 0 Å². The van der Waals surface area contributed by atoms with E-state index in [-0.39, 0.29) is 0 Å². The lowest BCUT2D eigenvalue weighted by molar-refractivity contribution is 1.60. The Balaban J connectivity index is 0.915. The molecule has 0 saturated heterocycles. The molecule has 0 heterocycles. The van der Waals surface area contributed by atoms with Gasteiger partial charge in [0, 0.05) is 0 Å². The highest BCUT2D eigenvalue weighted by Crippen LogP contribution is 2.62. The van der Waals surface area contributed by atoms with Crippen LogP contribution in [0, 0.1) is 0 Å². The molecule has 0 unspecified atom stereocenters. The number of hydrogen-bond donors (Lipinski definition) is 0. The molecule has 0 aliphatic heterocycles. The summed E-state index contributed by atoms with van der Waals surface area (Å²) in [6.07, 6.45) is 0. The molecule has 19 rings (SSSR count). The van der Waals surface area contributed by atoms with Crippen LogP contribution in [0.15, 0.2) is 315 Å². The molecule has 0 saturated carbocycles. The van der Waals surface area contributed by atoms with Gasteiger partial charge in [-0.2, -0.15) is 0 Å². The lowest BCUT2D eigenvalue weighted by Crippen LogP contribution is -1.97. The maximum Gasteiger partial charge on any atom is -0.000718 e. The van der Waals surface area contributed by atoms with Gasteiger partial charge in [-0.15, -0.1) is 0 Å². The fourth-order valence-corrected chi connectivity index (χ4v) is 15.9. The zero-order valence-corrected chi connectivity index (χ0v) is 48.0. The second-order valence-electron chi connectivity index (χ2n) is 24.0. The SMILES string of the molecule is c1ccc(-c2cc3c(-c4cccc5ccccc45)c4c(c(-c5cccc6ccccc56)c3cc2-c2ccccc2)-c2ccc(-c3ccc5c6c(cccc36)-c3c(-c6cccc7ccccc67)ccc(-c6cccc7ccccc67)c3-5)c3cccc-4c23)cc1. The van der Waals surface area contributed by atoms with Gasteiger partial charge >= 0.3 is 0 Å². The van der Waals surface area contributed by atoms with Crippen molar-refractivity contribution in [1.29, 1.82) is 0 Å². The van der Waals surface area contributed by atoms with Crippen LogP contribution in [0.25, 0.3) is 198 Å². The third-order valence-electron chi connectivity index (χ3n) is 19.5. The predicted molar refractivity (Wildman–Crippen MR) is 376 cm³/mol. The molecule has 2 aliphatic carbocycles. The van der Waals surface area contributed by atoms with Gasteiger partial charge in [0.05, 0.1) is 0 Å². The summed E-state index contributed by atoms with van der Waals surface area (Å²) >= 11 is 0. The fourth-order valence-electron chi connectivity index (χ4n) is 15.9. The Morgan fingerprint density at radius 1 is 0.125 bits per heavy atom. The number of fused-ring (bicyclic) bond motifs is 11. The van der Waals surface area contributed by atoms with Crippen molar-refractivity contribution in [2.45, 2.75) is 0 Å². The number of rotatable bonds is 7. The van der Waals surface area contributed by atoms with Crippen LogP contribution in [-0.4, -0.2) is 0 Å². The van der Waals surface area contributed by atoms with Gasteiger partial charge < -0.3 is 0 Å². The average molecular weight is 1110 g/mol. The molecule has 0 nitrogen and oxygen atoms in total. The van der Waals surface area contributed by atoms with Gasteiger partial charge in [0.2, 0.25) is 0 Å². The van der Waals surface area contributed by atoms with E-state index in [4.69, 9.17) is 0 Å². The third kappa shape index (κ3) is 7.03. The normalized spacial score (nSPS) is 12.1. The number of hydrogen-bond acceptors (Lipinski definition) is 0. The van der Waals surface area contributed by atoms with Crippen LogP contribution >= 0.6 is 0 Å². The van der Waals surface area contributed by atoms with Gasteiger partial charge in [0.1, 0.15) is 0 Å². The summed E-state index contributed by atoms with van der Waals surface area (Å²) in [6, 6.07) is 119. The summed E-state index contributed by atoms with van der Waals surface area (Å²) in [5, 5.41) is 17.5. The summed E-state index contributed by atoms with van der Waals surface area (Å²) in [5.74, 6) is 0. The maximum atomic E-state index is 2.54. The van der Waals surface area contributed by atoms with Crippen LogP contribution in [0.3, 0.4) is 0 Å². The lowest BCUT2D eigenvalue weighted by Gasteiger charge is -2.24. The van der Waals surface area contributed by atoms with Gasteiger partial charge in [0.15, 0.2) is 0 Å². The molecule has 0 spiro atoms. The lowest BCUT2D eigenvalue weighted by atomic mass is 9.78. The molecule has 88 heavy (non-hydrogen) atoms. The Hall–Kier alpha value is -11.4. The minimum absolute atomic E-state index is 1.19. The van der Waals surface area contributed by atoms with Crippen LogP contribution in [0.5, 0.6) is 0 Å². The summed E-state index contributed by atoms with van der Waals surface area (Å²) < 4.78 is 0. The third-order valence-corrected chi connectivity index (χ3v) is 19.5. The molecule has 17 aromatic rings. The summed E-state index contributed by atoms with van der Waals surface area (Å²) in [4.78, 5) is 0. The van der Waals surface area contributed by atoms with Crippen LogP contribution in [0.4, 0.5) is 0 Å². The predicted octanol–water partition coefficient (Wildman–Crippen LogP) is 24.7. The molecule has 404 valence electrons. The van der Waals surface area contributed by atoms with Gasteiger partial charge in [-0.25, -0.2) is 0 Å². The van der Waals surface area contributed by atoms with Crippen molar-refractivity contribution in [3.05, 3.63) is 315 Å². The minimum atomic E-state index is 1.19. The van der Waals surface area contributed by atoms with E-state index in [2.05, 4.69) is 315 Å². The summed E-state index contributed by atoms with van der Waals surface area (Å²) in [7, 11) is 0. The van der Waals surface area contributed by atoms with Gasteiger partial charge in [0.25, 0.3) is 0 Å². The molecule has 2 aliphatic rings. The smallest absolute Gasteiger partial charge is 0.000718 e. The highest BCUT2D eigenvalue weighted by molar-refractivity contribution is 6.33. The summed E-state index contributed by atoms with van der Waals surface area (Å²) in [5.41, 5.74) is 27.6. The Labute approximate surface area is 510 Å². The largest absolute Gasteiger partial charge is 0.0622 e. The summed E-state index contributed by atoms with van der Waals surface area (Å²) in [6.45, 7) is 0. The zero-order valence-electron chi connectivity index (χ0n) is 48.0. The first-order valence-corrected chi connectivity index (χ1v) is 30.7. The van der Waals surface area contributed by atoms with E-state index in [0.29, 0.717) is 0 Å². The first kappa shape index (κ1) is 48.9. The Morgan fingerprint density at radius 3 is 0.807 bits per heavy atom. The molecule has 0 radical (unpaired) electrons. The molecule has 0 N–H and O–H groups in total. The van der Waals surface area contributed by atoms with Crippen LogP contribution in [-0.2, 0) is 0 Å². The molecule has 0 atom stereocenters. The molecule has 0 fully saturated rings. The molecular weight excluding hydrogens is 1060 g/mol. The van der Waals surface area contributed by atoms with Crippen molar-refractivity contribution in [3.63, 3.8) is 0 Å². The molecule has 0 heteroatoms. The quantitative estimate of drug-likeness (QED) is 0.149. The topological polar surface area (TPSA) is 0 Å². The van der Waals surface area contributed by atoms with Gasteiger partial charge in [-0.3, -0.25) is 0 Å². The van der Waals surface area contributed by atoms with Crippen molar-refractivity contribution in [3.8, 4) is 122 Å². The number of benzene rings is 17. The van der Waals surface area contributed by atoms with Crippen molar-refractivity contribution >= 4 is 75.4 Å². The first-order chi connectivity index (χ1) is 43.7. The molecular formula is C88H52. The second-order valence-corrected chi connectivity index (χ2v) is 24.0. The van der Waals surface area contributed by atoms with E-state index in [1.807, 2.05) is 0 Å². The standard InChI is InChI=1S/C88H52/c1-3-21-57(22-4-1)77-51-79-80(52-78(77)58-23-5-2-6-24-58)86(68-40-18-32-56-28-10-14-36-62(56)68)88-76-50-46-66(70-42-20-44-74(82(70)76)87(88)85(79)67-39-17-31-55-27-9-13-35-61(55)67)65-45-49-75-81-69(65)41-19-43-73(81)83-71(63-37-15-29-53-25-7-11-33-59(53)63)47-48-72(84(75)83)64-38-16-30-54-26-8-12-34-60(54)64/h1-52H. The van der Waals surface area contributed by atoms with Crippen molar-refractivity contribution < 1.29 is 0 Å². The second kappa shape index (κ2) is 19.0. The van der Waals surface area contributed by atoms with Crippen molar-refractivity contribution in [2.24, 2.45) is 0 Å². The zero-order chi connectivity index (χ0) is 57.6. The van der Waals surface area contributed by atoms with Crippen LogP contribution in [0.1, 0.15) is 0 Å². The van der Waals surface area contributed by atoms with E-state index in [1.54, 1.807) is 0 Å². The van der Waals surface area contributed by atoms with Gasteiger partial charge in [-0.1, -0.05) is 303 Å². The minimum Gasteiger partial charge on any atom is -0.0622 e. The highest BCUT2D eigenvalue weighted by Gasteiger charge is 2.35. The molecule has 17 aromatic carbocycles.